The van der Waals surface area contributed by atoms with Gasteiger partial charge in [0.25, 0.3) is 0 Å². The Morgan fingerprint density at radius 3 is 1.43 bits per heavy atom. The summed E-state index contributed by atoms with van der Waals surface area (Å²) in [6, 6.07) is 0. The molecule has 44 valence electrons. The second-order valence-electron chi connectivity index (χ2n) is 1.33. The lowest BCUT2D eigenvalue weighted by atomic mass is 10.7. The van der Waals surface area contributed by atoms with E-state index in [0.29, 0.717) is 0 Å². The van der Waals surface area contributed by atoms with Crippen molar-refractivity contribution < 1.29 is 14.9 Å². The molecule has 0 radical (unpaired) electrons. The predicted octanol–water partition coefficient (Wildman–Crippen LogP) is -0.320. The van der Waals surface area contributed by atoms with Gasteiger partial charge in [-0.3, -0.25) is 0 Å². The van der Waals surface area contributed by atoms with Crippen LogP contribution < -0.4 is 0 Å². The molecule has 0 aliphatic carbocycles. The van der Waals surface area contributed by atoms with Gasteiger partial charge in [0, 0.05) is 0 Å². The average Bonchev–Trinajstić information content (AvgIpc) is 1.27. The van der Waals surface area contributed by atoms with Crippen molar-refractivity contribution in [3.8, 4) is 0 Å². The van der Waals surface area contributed by atoms with Crippen molar-refractivity contribution in [3.63, 3.8) is 0 Å². The van der Waals surface area contributed by atoms with Crippen LogP contribution in [0.5, 0.6) is 0 Å². The smallest absolute Gasteiger partial charge is 0.154 e. The first kappa shape index (κ1) is 6.88. The predicted molar refractivity (Wildman–Crippen MR) is 24.4 cm³/mol. The first-order valence-electron chi connectivity index (χ1n) is 2.14. The molecule has 7 heavy (non-hydrogen) atoms. The van der Waals surface area contributed by atoms with Crippen LogP contribution in [0.3, 0.4) is 0 Å². The van der Waals surface area contributed by atoms with E-state index in [-0.39, 0.29) is 0 Å². The molecule has 0 aliphatic rings. The van der Waals surface area contributed by atoms with Gasteiger partial charge in [0.1, 0.15) is 0 Å². The SMILES string of the molecule is CC(O)OC(C)O. The molecular weight excluding hydrogens is 96.0 g/mol. The third-order valence-electron chi connectivity index (χ3n) is 0.394. The van der Waals surface area contributed by atoms with Gasteiger partial charge in [-0.2, -0.15) is 0 Å². The third kappa shape index (κ3) is 5.88. The second-order valence-corrected chi connectivity index (χ2v) is 1.33. The highest BCUT2D eigenvalue weighted by Gasteiger charge is 1.97. The fourth-order valence-corrected chi connectivity index (χ4v) is 0.285. The lowest BCUT2D eigenvalue weighted by Crippen LogP contribution is -2.14. The highest BCUT2D eigenvalue weighted by Crippen LogP contribution is 1.87. The summed E-state index contributed by atoms with van der Waals surface area (Å²) in [5, 5.41) is 16.7. The Kier molecular flexibility index (Phi) is 2.91. The fraction of sp³-hybridized carbons (Fsp3) is 1.00. The molecule has 0 rings (SSSR count). The van der Waals surface area contributed by atoms with Crippen molar-refractivity contribution in [3.05, 3.63) is 0 Å². The summed E-state index contributed by atoms with van der Waals surface area (Å²) in [7, 11) is 0. The number of ether oxygens (including phenoxy) is 1. The molecule has 0 saturated carbocycles. The zero-order valence-electron chi connectivity index (χ0n) is 4.46. The molecule has 0 saturated heterocycles. The summed E-state index contributed by atoms with van der Waals surface area (Å²) >= 11 is 0. The van der Waals surface area contributed by atoms with Crippen molar-refractivity contribution in [2.75, 3.05) is 0 Å². The Hall–Kier alpha value is -0.120. The van der Waals surface area contributed by atoms with E-state index in [1.54, 1.807) is 0 Å². The number of aliphatic hydroxyl groups is 2. The molecule has 3 nitrogen and oxygen atoms in total. The number of hydrogen-bond acceptors (Lipinski definition) is 3. The van der Waals surface area contributed by atoms with E-state index in [1.165, 1.54) is 13.8 Å². The van der Waals surface area contributed by atoms with E-state index in [1.807, 2.05) is 0 Å². The van der Waals surface area contributed by atoms with Crippen molar-refractivity contribution in [1.29, 1.82) is 0 Å². The summed E-state index contributed by atoms with van der Waals surface area (Å²) in [5.74, 6) is 0. The highest BCUT2D eigenvalue weighted by atomic mass is 16.7. The number of hydrogen-bond donors (Lipinski definition) is 2. The monoisotopic (exact) mass is 106 g/mol. The molecule has 0 aromatic heterocycles. The quantitative estimate of drug-likeness (QED) is 0.474. The van der Waals surface area contributed by atoms with Gasteiger partial charge in [-0.25, -0.2) is 0 Å². The normalized spacial score (nSPS) is 18.9. The Balaban J connectivity index is 2.95. The summed E-state index contributed by atoms with van der Waals surface area (Å²) in [6.07, 6.45) is -1.75. The van der Waals surface area contributed by atoms with E-state index in [9.17, 15) is 0 Å². The summed E-state index contributed by atoms with van der Waals surface area (Å²) in [6.45, 7) is 2.87. The van der Waals surface area contributed by atoms with Crippen LogP contribution in [0.25, 0.3) is 0 Å². The van der Waals surface area contributed by atoms with Gasteiger partial charge in [-0.05, 0) is 13.8 Å². The molecule has 0 spiro atoms. The molecule has 0 aliphatic heterocycles. The van der Waals surface area contributed by atoms with Crippen LogP contribution in [-0.4, -0.2) is 22.8 Å². The van der Waals surface area contributed by atoms with Gasteiger partial charge < -0.3 is 14.9 Å². The van der Waals surface area contributed by atoms with E-state index in [2.05, 4.69) is 4.74 Å². The molecule has 0 amide bonds. The molecule has 3 heteroatoms. The van der Waals surface area contributed by atoms with E-state index < -0.39 is 12.6 Å². The van der Waals surface area contributed by atoms with Crippen LogP contribution in [0.15, 0.2) is 0 Å². The van der Waals surface area contributed by atoms with Crippen LogP contribution in [0.1, 0.15) is 13.8 Å². The maximum Gasteiger partial charge on any atom is 0.154 e. The van der Waals surface area contributed by atoms with E-state index >= 15 is 0 Å². The van der Waals surface area contributed by atoms with Gasteiger partial charge >= 0.3 is 0 Å². The molecule has 0 bridgehead atoms. The van der Waals surface area contributed by atoms with Gasteiger partial charge in [0.15, 0.2) is 12.6 Å². The Morgan fingerprint density at radius 2 is 1.43 bits per heavy atom. The van der Waals surface area contributed by atoms with Crippen molar-refractivity contribution in [2.45, 2.75) is 26.4 Å². The Morgan fingerprint density at radius 1 is 1.14 bits per heavy atom. The van der Waals surface area contributed by atoms with Crippen molar-refractivity contribution in [2.24, 2.45) is 0 Å². The standard InChI is InChI=1S/C4H10O3/c1-3(5)7-4(2)6/h3-6H,1-2H3. The largest absolute Gasteiger partial charge is 0.368 e. The number of aliphatic hydroxyl groups excluding tert-OH is 2. The average molecular weight is 106 g/mol. The zero-order valence-corrected chi connectivity index (χ0v) is 4.46. The van der Waals surface area contributed by atoms with Gasteiger partial charge in [0.2, 0.25) is 0 Å². The van der Waals surface area contributed by atoms with Crippen molar-refractivity contribution >= 4 is 0 Å². The fourth-order valence-electron chi connectivity index (χ4n) is 0.285. The first-order valence-corrected chi connectivity index (χ1v) is 2.14. The maximum absolute atomic E-state index is 8.34. The molecule has 0 heterocycles. The molecule has 2 unspecified atom stereocenters. The molecule has 0 aromatic rings. The minimum absolute atomic E-state index is 0.875. The summed E-state index contributed by atoms with van der Waals surface area (Å²) < 4.78 is 4.36. The number of rotatable bonds is 2. The maximum atomic E-state index is 8.34. The van der Waals surface area contributed by atoms with Crippen molar-refractivity contribution in [1.82, 2.24) is 0 Å². The molecule has 2 atom stereocenters. The third-order valence-corrected chi connectivity index (χ3v) is 0.394. The first-order chi connectivity index (χ1) is 3.13. The van der Waals surface area contributed by atoms with Crippen LogP contribution in [0.4, 0.5) is 0 Å². The second kappa shape index (κ2) is 2.96. The zero-order chi connectivity index (χ0) is 5.86. The lowest BCUT2D eigenvalue weighted by molar-refractivity contribution is -0.190. The molecule has 0 aromatic carbocycles. The van der Waals surface area contributed by atoms with Crippen LogP contribution in [0, 0.1) is 0 Å². The van der Waals surface area contributed by atoms with Crippen LogP contribution in [0.2, 0.25) is 0 Å². The minimum atomic E-state index is -0.875. The minimum Gasteiger partial charge on any atom is -0.368 e. The van der Waals surface area contributed by atoms with E-state index in [0.717, 1.165) is 0 Å². The highest BCUT2D eigenvalue weighted by molar-refractivity contribution is 4.24. The lowest BCUT2D eigenvalue weighted by Gasteiger charge is -2.07. The van der Waals surface area contributed by atoms with Gasteiger partial charge in [0.05, 0.1) is 0 Å². The van der Waals surface area contributed by atoms with Crippen LogP contribution >= 0.6 is 0 Å². The van der Waals surface area contributed by atoms with E-state index in [4.69, 9.17) is 10.2 Å². The Bertz CT molecular complexity index is 36.2. The molecule has 0 fully saturated rings. The van der Waals surface area contributed by atoms with Gasteiger partial charge in [-0.15, -0.1) is 0 Å². The topological polar surface area (TPSA) is 49.7 Å². The van der Waals surface area contributed by atoms with Crippen LogP contribution in [-0.2, 0) is 4.74 Å². The van der Waals surface area contributed by atoms with Gasteiger partial charge in [-0.1, -0.05) is 0 Å². The summed E-state index contributed by atoms with van der Waals surface area (Å²) in [5.41, 5.74) is 0. The summed E-state index contributed by atoms with van der Waals surface area (Å²) in [4.78, 5) is 0. The Labute approximate surface area is 42.5 Å². The molecule has 2 N–H and O–H groups in total. The molecular formula is C4H10O3.